The van der Waals surface area contributed by atoms with Gasteiger partial charge in [0.15, 0.2) is 6.29 Å². The van der Waals surface area contributed by atoms with E-state index in [1.807, 2.05) is 24.6 Å². The Hall–Kier alpha value is -1.69. The van der Waals surface area contributed by atoms with Crippen molar-refractivity contribution >= 4 is 22.2 Å². The summed E-state index contributed by atoms with van der Waals surface area (Å²) in [5.74, 6) is 0.490. The molecular weight excluding hydrogens is 334 g/mol. The molecule has 0 saturated heterocycles. The van der Waals surface area contributed by atoms with Gasteiger partial charge in [0.2, 0.25) is 0 Å². The maximum Gasteiger partial charge on any atom is 0.172 e. The number of aldehydes is 1. The molecule has 0 aliphatic rings. The minimum Gasteiger partial charge on any atom is -0.485 e. The number of ether oxygens (including phenoxy) is 1. The maximum atomic E-state index is 11.1. The molecule has 0 N–H and O–H groups in total. The molecule has 2 aromatic rings. The van der Waals surface area contributed by atoms with E-state index in [0.717, 1.165) is 34.5 Å². The van der Waals surface area contributed by atoms with Gasteiger partial charge in [0.1, 0.15) is 18.1 Å². The first-order valence-electron chi connectivity index (χ1n) is 6.90. The van der Waals surface area contributed by atoms with Crippen molar-refractivity contribution in [2.24, 2.45) is 0 Å². The summed E-state index contributed by atoms with van der Waals surface area (Å²) in [6, 6.07) is 3.60. The van der Waals surface area contributed by atoms with Crippen molar-refractivity contribution in [3.8, 4) is 5.75 Å². The molecule has 0 aliphatic carbocycles. The third-order valence-corrected chi connectivity index (χ3v) is 4.11. The lowest BCUT2D eigenvalue weighted by Crippen LogP contribution is -2.08. The SMILES string of the molecule is CCc1nn(CC)c(COc2ccc(C)nc2C=O)c1Br. The minimum atomic E-state index is 0.324. The fourth-order valence-electron chi connectivity index (χ4n) is 2.07. The van der Waals surface area contributed by atoms with Gasteiger partial charge >= 0.3 is 0 Å². The van der Waals surface area contributed by atoms with Crippen molar-refractivity contribution in [3.05, 3.63) is 39.4 Å². The van der Waals surface area contributed by atoms with Crippen LogP contribution in [0.4, 0.5) is 0 Å². The van der Waals surface area contributed by atoms with Gasteiger partial charge in [-0.2, -0.15) is 5.10 Å². The second-order valence-electron chi connectivity index (χ2n) is 4.62. The fourth-order valence-corrected chi connectivity index (χ4v) is 2.75. The highest BCUT2D eigenvalue weighted by Gasteiger charge is 2.15. The van der Waals surface area contributed by atoms with Crippen LogP contribution in [0.1, 0.15) is 41.4 Å². The smallest absolute Gasteiger partial charge is 0.172 e. The van der Waals surface area contributed by atoms with Crippen LogP contribution in [-0.4, -0.2) is 21.1 Å². The molecule has 0 aliphatic heterocycles. The Morgan fingerprint density at radius 3 is 2.76 bits per heavy atom. The first-order valence-corrected chi connectivity index (χ1v) is 7.69. The lowest BCUT2D eigenvalue weighted by atomic mass is 10.3. The second-order valence-corrected chi connectivity index (χ2v) is 5.41. The molecule has 0 saturated carbocycles. The number of hydrogen-bond acceptors (Lipinski definition) is 4. The second kappa shape index (κ2) is 6.85. The summed E-state index contributed by atoms with van der Waals surface area (Å²) in [7, 11) is 0. The Bertz CT molecular complexity index is 653. The van der Waals surface area contributed by atoms with E-state index >= 15 is 0 Å². The highest BCUT2D eigenvalue weighted by atomic mass is 79.9. The van der Waals surface area contributed by atoms with Crippen LogP contribution in [0.15, 0.2) is 16.6 Å². The lowest BCUT2D eigenvalue weighted by molar-refractivity contribution is 0.111. The van der Waals surface area contributed by atoms with Crippen molar-refractivity contribution in [2.45, 2.75) is 40.3 Å². The van der Waals surface area contributed by atoms with Crippen LogP contribution in [0.2, 0.25) is 0 Å². The molecule has 0 aromatic carbocycles. The zero-order chi connectivity index (χ0) is 15.4. The number of carbonyl (C=O) groups is 1. The van der Waals surface area contributed by atoms with E-state index in [4.69, 9.17) is 4.74 Å². The third kappa shape index (κ3) is 3.32. The zero-order valence-corrected chi connectivity index (χ0v) is 14.0. The van der Waals surface area contributed by atoms with Crippen LogP contribution in [0.5, 0.6) is 5.75 Å². The predicted octanol–water partition coefficient (Wildman–Crippen LogP) is 3.32. The van der Waals surface area contributed by atoms with Crippen LogP contribution in [0.25, 0.3) is 0 Å². The van der Waals surface area contributed by atoms with Crippen molar-refractivity contribution in [3.63, 3.8) is 0 Å². The molecular formula is C15H18BrN3O2. The van der Waals surface area contributed by atoms with Gasteiger partial charge in [0.25, 0.3) is 0 Å². The van der Waals surface area contributed by atoms with Gasteiger partial charge in [0.05, 0.1) is 15.9 Å². The van der Waals surface area contributed by atoms with Crippen LogP contribution in [0.3, 0.4) is 0 Å². The van der Waals surface area contributed by atoms with Crippen molar-refractivity contribution in [1.29, 1.82) is 0 Å². The van der Waals surface area contributed by atoms with Crippen molar-refractivity contribution in [1.82, 2.24) is 14.8 Å². The molecule has 0 amide bonds. The van der Waals surface area contributed by atoms with Crippen LogP contribution in [0, 0.1) is 6.92 Å². The summed E-state index contributed by atoms with van der Waals surface area (Å²) < 4.78 is 8.65. The summed E-state index contributed by atoms with van der Waals surface area (Å²) in [4.78, 5) is 15.2. The monoisotopic (exact) mass is 351 g/mol. The van der Waals surface area contributed by atoms with Crippen LogP contribution >= 0.6 is 15.9 Å². The summed E-state index contributed by atoms with van der Waals surface area (Å²) in [6.45, 7) is 7.04. The van der Waals surface area contributed by atoms with Gasteiger partial charge in [-0.15, -0.1) is 0 Å². The maximum absolute atomic E-state index is 11.1. The summed E-state index contributed by atoms with van der Waals surface area (Å²) in [6.07, 6.45) is 1.57. The Balaban J connectivity index is 2.24. The molecule has 0 spiro atoms. The van der Waals surface area contributed by atoms with Gasteiger partial charge in [0, 0.05) is 12.2 Å². The first-order chi connectivity index (χ1) is 10.1. The van der Waals surface area contributed by atoms with E-state index in [-0.39, 0.29) is 0 Å². The molecule has 6 heteroatoms. The number of nitrogens with zero attached hydrogens (tertiary/aromatic N) is 3. The fraction of sp³-hybridized carbons (Fsp3) is 0.400. The number of pyridine rings is 1. The van der Waals surface area contributed by atoms with Crippen molar-refractivity contribution < 1.29 is 9.53 Å². The Labute approximate surface area is 132 Å². The van der Waals surface area contributed by atoms with Crippen LogP contribution < -0.4 is 4.74 Å². The topological polar surface area (TPSA) is 57.0 Å². The number of carbonyl (C=O) groups excluding carboxylic acids is 1. The van der Waals surface area contributed by atoms with E-state index < -0.39 is 0 Å². The number of hydrogen-bond donors (Lipinski definition) is 0. The molecule has 0 unspecified atom stereocenters. The first kappa shape index (κ1) is 15.7. The Kier molecular flexibility index (Phi) is 5.12. The molecule has 0 radical (unpaired) electrons. The highest BCUT2D eigenvalue weighted by molar-refractivity contribution is 9.10. The molecule has 0 atom stereocenters. The Morgan fingerprint density at radius 1 is 1.38 bits per heavy atom. The number of rotatable bonds is 6. The Morgan fingerprint density at radius 2 is 2.14 bits per heavy atom. The van der Waals surface area contributed by atoms with E-state index in [2.05, 4.69) is 32.9 Å². The van der Waals surface area contributed by atoms with Gasteiger partial charge in [-0.05, 0) is 48.3 Å². The molecule has 2 heterocycles. The van der Waals surface area contributed by atoms with Gasteiger partial charge in [-0.25, -0.2) is 4.98 Å². The minimum absolute atomic E-state index is 0.324. The average molecular weight is 352 g/mol. The number of aromatic nitrogens is 3. The molecule has 0 fully saturated rings. The largest absolute Gasteiger partial charge is 0.485 e. The molecule has 2 rings (SSSR count). The average Bonchev–Trinajstić information content (AvgIpc) is 2.81. The standard InChI is InChI=1S/C15H18BrN3O2/c1-4-11-15(16)13(19(5-2)18-11)9-21-14-7-6-10(3)17-12(14)8-20/h6-8H,4-5,9H2,1-3H3. The van der Waals surface area contributed by atoms with Gasteiger partial charge in [-0.3, -0.25) is 9.48 Å². The zero-order valence-electron chi connectivity index (χ0n) is 12.4. The molecule has 2 aromatic heterocycles. The summed E-state index contributed by atoms with van der Waals surface area (Å²) in [5, 5.41) is 4.52. The molecule has 0 bridgehead atoms. The van der Waals surface area contributed by atoms with E-state index in [9.17, 15) is 4.79 Å². The third-order valence-electron chi connectivity index (χ3n) is 3.20. The summed E-state index contributed by atoms with van der Waals surface area (Å²) in [5.41, 5.74) is 3.08. The normalized spacial score (nSPS) is 10.7. The predicted molar refractivity (Wildman–Crippen MR) is 83.7 cm³/mol. The quantitative estimate of drug-likeness (QED) is 0.749. The van der Waals surface area contributed by atoms with Gasteiger partial charge < -0.3 is 4.74 Å². The molecule has 5 nitrogen and oxygen atoms in total. The van der Waals surface area contributed by atoms with E-state index in [1.165, 1.54) is 0 Å². The van der Waals surface area contributed by atoms with E-state index in [1.54, 1.807) is 6.07 Å². The molecule has 112 valence electrons. The van der Waals surface area contributed by atoms with Gasteiger partial charge in [-0.1, -0.05) is 6.92 Å². The number of aryl methyl sites for hydroxylation is 3. The van der Waals surface area contributed by atoms with Crippen LogP contribution in [-0.2, 0) is 19.6 Å². The lowest BCUT2D eigenvalue weighted by Gasteiger charge is -2.10. The van der Waals surface area contributed by atoms with E-state index in [0.29, 0.717) is 24.3 Å². The highest BCUT2D eigenvalue weighted by Crippen LogP contribution is 2.24. The number of halogens is 1. The molecule has 21 heavy (non-hydrogen) atoms. The van der Waals surface area contributed by atoms with Crippen molar-refractivity contribution in [2.75, 3.05) is 0 Å². The summed E-state index contributed by atoms with van der Waals surface area (Å²) >= 11 is 3.58.